The lowest BCUT2D eigenvalue weighted by atomic mass is 9.96. The van der Waals surface area contributed by atoms with Crippen LogP contribution in [0.15, 0.2) is 4.47 Å². The number of carbonyl (C=O) groups excluding carboxylic acids is 1. The Kier molecular flexibility index (Phi) is 5.16. The van der Waals surface area contributed by atoms with Crippen molar-refractivity contribution in [1.82, 2.24) is 10.9 Å². The van der Waals surface area contributed by atoms with Crippen molar-refractivity contribution >= 4 is 21.8 Å². The van der Waals surface area contributed by atoms with Crippen molar-refractivity contribution in [1.29, 1.82) is 0 Å². The van der Waals surface area contributed by atoms with Crippen molar-refractivity contribution < 1.29 is 9.53 Å². The number of carbonyl (C=O) groups is 1. The summed E-state index contributed by atoms with van der Waals surface area (Å²) in [7, 11) is 3.30. The predicted molar refractivity (Wildman–Crippen MR) is 75.8 cm³/mol. The van der Waals surface area contributed by atoms with E-state index in [1.165, 1.54) is 0 Å². The zero-order valence-corrected chi connectivity index (χ0v) is 13.0. The number of hydrogen-bond donors (Lipinski definition) is 2. The summed E-state index contributed by atoms with van der Waals surface area (Å²) in [5.41, 5.74) is 9.36. The van der Waals surface area contributed by atoms with Gasteiger partial charge < -0.3 is 4.74 Å². The van der Waals surface area contributed by atoms with Crippen molar-refractivity contribution in [3.63, 3.8) is 0 Å². The number of hydrazine groups is 1. The number of halogens is 1. The third kappa shape index (κ3) is 2.84. The van der Waals surface area contributed by atoms with E-state index in [4.69, 9.17) is 4.74 Å². The van der Waals surface area contributed by atoms with Crippen LogP contribution in [0.5, 0.6) is 5.75 Å². The summed E-state index contributed by atoms with van der Waals surface area (Å²) in [5.74, 6) is 0.702. The van der Waals surface area contributed by atoms with Crippen LogP contribution in [0.1, 0.15) is 22.3 Å². The molecule has 0 radical (unpaired) electrons. The molecular formula is C13H19BrN2O2. The molecule has 0 aliphatic rings. The van der Waals surface area contributed by atoms with Gasteiger partial charge in [0.15, 0.2) is 0 Å². The Labute approximate surface area is 116 Å². The molecule has 0 atom stereocenters. The third-order valence-corrected chi connectivity index (χ3v) is 4.28. The normalized spacial score (nSPS) is 10.3. The van der Waals surface area contributed by atoms with E-state index in [0.717, 1.165) is 32.5 Å². The summed E-state index contributed by atoms with van der Waals surface area (Å²) < 4.78 is 6.49. The molecule has 0 saturated carbocycles. The fourth-order valence-corrected chi connectivity index (χ4v) is 2.52. The van der Waals surface area contributed by atoms with Gasteiger partial charge in [0.05, 0.1) is 13.5 Å². The highest BCUT2D eigenvalue weighted by molar-refractivity contribution is 9.10. The zero-order chi connectivity index (χ0) is 13.9. The number of benzene rings is 1. The summed E-state index contributed by atoms with van der Waals surface area (Å²) in [5, 5.41) is 0. The molecule has 100 valence electrons. The van der Waals surface area contributed by atoms with E-state index in [-0.39, 0.29) is 12.3 Å². The van der Waals surface area contributed by atoms with Crippen LogP contribution in [-0.4, -0.2) is 20.1 Å². The van der Waals surface area contributed by atoms with Crippen molar-refractivity contribution in [2.45, 2.75) is 27.2 Å². The van der Waals surface area contributed by atoms with Crippen LogP contribution in [0.25, 0.3) is 0 Å². The van der Waals surface area contributed by atoms with Crippen molar-refractivity contribution in [2.24, 2.45) is 0 Å². The second-order valence-electron chi connectivity index (χ2n) is 4.18. The Hall–Kier alpha value is -1.07. The second kappa shape index (κ2) is 6.20. The van der Waals surface area contributed by atoms with Crippen molar-refractivity contribution in [2.75, 3.05) is 14.2 Å². The van der Waals surface area contributed by atoms with Crippen LogP contribution in [0.2, 0.25) is 0 Å². The van der Waals surface area contributed by atoms with Gasteiger partial charge in [0.25, 0.3) is 0 Å². The van der Waals surface area contributed by atoms with E-state index in [1.54, 1.807) is 14.2 Å². The molecule has 18 heavy (non-hydrogen) atoms. The topological polar surface area (TPSA) is 50.4 Å². The minimum Gasteiger partial charge on any atom is -0.496 e. The van der Waals surface area contributed by atoms with Gasteiger partial charge >= 0.3 is 0 Å². The van der Waals surface area contributed by atoms with Crippen LogP contribution in [0.4, 0.5) is 0 Å². The van der Waals surface area contributed by atoms with Crippen molar-refractivity contribution in [3.8, 4) is 5.75 Å². The van der Waals surface area contributed by atoms with Crippen LogP contribution >= 0.6 is 15.9 Å². The summed E-state index contributed by atoms with van der Waals surface area (Å²) in [6.45, 7) is 6.02. The molecule has 4 nitrogen and oxygen atoms in total. The Bertz CT molecular complexity index is 473. The Morgan fingerprint density at radius 2 is 1.83 bits per heavy atom. The van der Waals surface area contributed by atoms with Gasteiger partial charge in [0.2, 0.25) is 5.91 Å². The molecule has 0 saturated heterocycles. The molecule has 2 N–H and O–H groups in total. The molecule has 0 aromatic heterocycles. The molecule has 0 aliphatic carbocycles. The van der Waals surface area contributed by atoms with Crippen LogP contribution in [0.3, 0.4) is 0 Å². The van der Waals surface area contributed by atoms with Gasteiger partial charge in [-0.1, -0.05) is 15.9 Å². The maximum Gasteiger partial charge on any atom is 0.238 e. The average molecular weight is 315 g/mol. The largest absolute Gasteiger partial charge is 0.496 e. The smallest absolute Gasteiger partial charge is 0.238 e. The minimum atomic E-state index is -0.0888. The lowest BCUT2D eigenvalue weighted by Gasteiger charge is -2.18. The monoisotopic (exact) mass is 314 g/mol. The summed E-state index contributed by atoms with van der Waals surface area (Å²) >= 11 is 3.57. The number of methoxy groups -OCH3 is 1. The highest BCUT2D eigenvalue weighted by Crippen LogP contribution is 2.36. The van der Waals surface area contributed by atoms with Gasteiger partial charge in [-0.15, -0.1) is 0 Å². The lowest BCUT2D eigenvalue weighted by Crippen LogP contribution is -2.35. The first-order chi connectivity index (χ1) is 8.43. The Morgan fingerprint density at radius 1 is 1.22 bits per heavy atom. The van der Waals surface area contributed by atoms with E-state index in [0.29, 0.717) is 0 Å². The Balaban J connectivity index is 3.29. The van der Waals surface area contributed by atoms with Gasteiger partial charge in [-0.2, -0.15) is 0 Å². The first-order valence-electron chi connectivity index (χ1n) is 5.71. The van der Waals surface area contributed by atoms with E-state index >= 15 is 0 Å². The molecule has 0 heterocycles. The van der Waals surface area contributed by atoms with E-state index < -0.39 is 0 Å². The van der Waals surface area contributed by atoms with Crippen LogP contribution < -0.4 is 15.6 Å². The standard InChI is InChI=1S/C13H19BrN2O2/c1-7-8(2)13(18-5)10(9(3)12(7)14)6-11(17)16-15-4/h15H,6H2,1-5H3,(H,16,17). The molecule has 1 amide bonds. The molecule has 1 aromatic rings. The molecule has 0 bridgehead atoms. The summed E-state index contributed by atoms with van der Waals surface area (Å²) in [6, 6.07) is 0. The average Bonchev–Trinajstić information content (AvgIpc) is 2.34. The maximum absolute atomic E-state index is 11.7. The minimum absolute atomic E-state index is 0.0888. The molecule has 5 heteroatoms. The summed E-state index contributed by atoms with van der Waals surface area (Å²) in [4.78, 5) is 11.7. The van der Waals surface area contributed by atoms with Gasteiger partial charge in [-0.3, -0.25) is 10.2 Å². The highest BCUT2D eigenvalue weighted by Gasteiger charge is 2.18. The summed E-state index contributed by atoms with van der Waals surface area (Å²) in [6.07, 6.45) is 0.287. The lowest BCUT2D eigenvalue weighted by molar-refractivity contribution is -0.121. The zero-order valence-electron chi connectivity index (χ0n) is 11.4. The van der Waals surface area contributed by atoms with Gasteiger partial charge in [-0.25, -0.2) is 5.43 Å². The molecule has 0 spiro atoms. The Morgan fingerprint density at radius 3 is 2.33 bits per heavy atom. The van der Waals surface area contributed by atoms with Gasteiger partial charge in [-0.05, 0) is 37.5 Å². The highest BCUT2D eigenvalue weighted by atomic mass is 79.9. The number of nitrogens with one attached hydrogen (secondary N) is 2. The molecule has 1 rings (SSSR count). The van der Waals surface area contributed by atoms with Gasteiger partial charge in [0, 0.05) is 17.1 Å². The number of ether oxygens (including phenoxy) is 1. The first-order valence-corrected chi connectivity index (χ1v) is 6.51. The van der Waals surface area contributed by atoms with E-state index in [1.807, 2.05) is 20.8 Å². The number of amides is 1. The SMILES string of the molecule is CNNC(=O)Cc1c(C)c(Br)c(C)c(C)c1OC. The first kappa shape index (κ1) is 15.0. The number of rotatable bonds is 4. The molecule has 1 aromatic carbocycles. The van der Waals surface area contributed by atoms with E-state index in [2.05, 4.69) is 26.8 Å². The molecule has 0 aliphatic heterocycles. The van der Waals surface area contributed by atoms with E-state index in [9.17, 15) is 4.79 Å². The molecular weight excluding hydrogens is 296 g/mol. The number of hydrogen-bond acceptors (Lipinski definition) is 3. The third-order valence-electron chi connectivity index (χ3n) is 3.09. The van der Waals surface area contributed by atoms with Crippen molar-refractivity contribution in [3.05, 3.63) is 26.7 Å². The van der Waals surface area contributed by atoms with Crippen LogP contribution in [0, 0.1) is 20.8 Å². The predicted octanol–water partition coefficient (Wildman–Crippen LogP) is 2.18. The molecule has 0 unspecified atom stereocenters. The second-order valence-corrected chi connectivity index (χ2v) is 4.97. The van der Waals surface area contributed by atoms with Crippen LogP contribution in [-0.2, 0) is 11.2 Å². The fourth-order valence-electron chi connectivity index (χ4n) is 1.98. The van der Waals surface area contributed by atoms with Gasteiger partial charge in [0.1, 0.15) is 5.75 Å². The fraction of sp³-hybridized carbons (Fsp3) is 0.462. The quantitative estimate of drug-likeness (QED) is 0.837. The maximum atomic E-state index is 11.7. The molecule has 0 fully saturated rings.